The summed E-state index contributed by atoms with van der Waals surface area (Å²) in [7, 11) is 4.06. The highest BCUT2D eigenvalue weighted by Crippen LogP contribution is 2.39. The molecule has 0 spiro atoms. The third-order valence-electron chi connectivity index (χ3n) is 5.28. The lowest BCUT2D eigenvalue weighted by molar-refractivity contribution is -0.105. The number of hydrogen-bond acceptors (Lipinski definition) is 6. The fourth-order valence-electron chi connectivity index (χ4n) is 3.51. The number of carbonyl (C=O) groups excluding carboxylic acids is 1. The van der Waals surface area contributed by atoms with Crippen molar-refractivity contribution in [3.05, 3.63) is 59.7 Å². The SMILES string of the molecule is O=CNc1cc(C(O)CNCCCCCC2CCSS2)ccc1OCc1ccccc1. The summed E-state index contributed by atoms with van der Waals surface area (Å²) in [4.78, 5) is 11.0. The van der Waals surface area contributed by atoms with E-state index in [1.165, 1.54) is 31.4 Å². The molecule has 2 atom stereocenters. The summed E-state index contributed by atoms with van der Waals surface area (Å²) in [6.45, 7) is 1.80. The van der Waals surface area contributed by atoms with Gasteiger partial charge in [-0.3, -0.25) is 4.79 Å². The van der Waals surface area contributed by atoms with Crippen molar-refractivity contribution in [3.8, 4) is 5.75 Å². The Balaban J connectivity index is 1.40. The van der Waals surface area contributed by atoms with Gasteiger partial charge in [-0.2, -0.15) is 0 Å². The van der Waals surface area contributed by atoms with Gasteiger partial charge in [0.1, 0.15) is 12.4 Å². The van der Waals surface area contributed by atoms with E-state index in [0.717, 1.165) is 29.3 Å². The highest BCUT2D eigenvalue weighted by Gasteiger charge is 2.15. The van der Waals surface area contributed by atoms with Gasteiger partial charge in [-0.05, 0) is 49.1 Å². The molecule has 7 heteroatoms. The lowest BCUT2D eigenvalue weighted by atomic mass is 10.1. The molecule has 1 saturated heterocycles. The van der Waals surface area contributed by atoms with Crippen molar-refractivity contribution in [1.82, 2.24) is 5.32 Å². The number of ether oxygens (including phenoxy) is 1. The van der Waals surface area contributed by atoms with E-state index in [2.05, 4.69) is 21.4 Å². The molecule has 1 heterocycles. The molecule has 1 fully saturated rings. The van der Waals surface area contributed by atoms with Gasteiger partial charge < -0.3 is 20.5 Å². The number of rotatable bonds is 14. The number of unbranched alkanes of at least 4 members (excludes halogenated alkanes) is 2. The molecule has 0 bridgehead atoms. The molecule has 0 aromatic heterocycles. The minimum Gasteiger partial charge on any atom is -0.487 e. The summed E-state index contributed by atoms with van der Waals surface area (Å²) in [6.07, 6.45) is 6.31. The number of aliphatic hydroxyl groups excluding tert-OH is 1. The molecule has 5 nitrogen and oxygen atoms in total. The minimum absolute atomic E-state index is 0.413. The first-order valence-corrected chi connectivity index (χ1v) is 13.3. The van der Waals surface area contributed by atoms with Gasteiger partial charge in [0.2, 0.25) is 6.41 Å². The topological polar surface area (TPSA) is 70.6 Å². The van der Waals surface area contributed by atoms with Gasteiger partial charge in [0.15, 0.2) is 0 Å². The molecule has 168 valence electrons. The Morgan fingerprint density at radius 2 is 2.03 bits per heavy atom. The number of nitrogens with one attached hydrogen (secondary N) is 2. The average molecular weight is 461 g/mol. The Kier molecular flexibility index (Phi) is 10.6. The standard InChI is InChI=1S/C24H32N2O3S2/c27-18-26-22-15-20(10-11-24(22)29-17-19-7-3-1-4-8-19)23(28)16-25-13-6-2-5-9-21-12-14-30-31-21/h1,3-4,7-8,10-11,15,18,21,23,25,28H,2,5-6,9,12-14,16-17H2,(H,26,27). The van der Waals surface area contributed by atoms with Crippen LogP contribution >= 0.6 is 21.6 Å². The molecule has 0 aliphatic carbocycles. The first kappa shape index (κ1) is 24.0. The number of anilines is 1. The van der Waals surface area contributed by atoms with Crippen molar-refractivity contribution < 1.29 is 14.6 Å². The van der Waals surface area contributed by atoms with E-state index in [9.17, 15) is 9.90 Å². The predicted molar refractivity (Wildman–Crippen MR) is 132 cm³/mol. The van der Waals surface area contributed by atoms with Gasteiger partial charge in [-0.1, -0.05) is 70.8 Å². The van der Waals surface area contributed by atoms with Crippen LogP contribution in [0.15, 0.2) is 48.5 Å². The fraction of sp³-hybridized carbons (Fsp3) is 0.458. The van der Waals surface area contributed by atoms with Crippen LogP contribution in [0.4, 0.5) is 5.69 Å². The van der Waals surface area contributed by atoms with Crippen LogP contribution in [0.5, 0.6) is 5.75 Å². The Morgan fingerprint density at radius 3 is 2.81 bits per heavy atom. The van der Waals surface area contributed by atoms with Gasteiger partial charge >= 0.3 is 0 Å². The smallest absolute Gasteiger partial charge is 0.211 e. The van der Waals surface area contributed by atoms with Crippen LogP contribution in [0.2, 0.25) is 0 Å². The van der Waals surface area contributed by atoms with E-state index in [1.807, 2.05) is 47.2 Å². The maximum absolute atomic E-state index is 11.0. The maximum atomic E-state index is 11.0. The van der Waals surface area contributed by atoms with Crippen molar-refractivity contribution in [1.29, 1.82) is 0 Å². The predicted octanol–water partition coefficient (Wildman–Crippen LogP) is 5.17. The molecular weight excluding hydrogens is 428 g/mol. The number of benzene rings is 2. The van der Waals surface area contributed by atoms with E-state index >= 15 is 0 Å². The van der Waals surface area contributed by atoms with Gasteiger partial charge in [-0.15, -0.1) is 0 Å². The first-order valence-electron chi connectivity index (χ1n) is 10.9. The normalized spacial score (nSPS) is 16.7. The molecule has 3 rings (SSSR count). The van der Waals surface area contributed by atoms with Gasteiger partial charge in [0.25, 0.3) is 0 Å². The van der Waals surface area contributed by atoms with Crippen molar-refractivity contribution >= 4 is 33.7 Å². The second kappa shape index (κ2) is 13.7. The third-order valence-corrected chi connectivity index (χ3v) is 8.29. The van der Waals surface area contributed by atoms with E-state index < -0.39 is 6.10 Å². The lowest BCUT2D eigenvalue weighted by Crippen LogP contribution is -2.22. The van der Waals surface area contributed by atoms with Crippen molar-refractivity contribution in [2.75, 3.05) is 24.2 Å². The molecule has 1 amide bonds. The quantitative estimate of drug-likeness (QED) is 0.205. The highest BCUT2D eigenvalue weighted by atomic mass is 33.1. The van der Waals surface area contributed by atoms with Crippen molar-refractivity contribution in [2.45, 2.75) is 50.1 Å². The number of hydrogen-bond donors (Lipinski definition) is 3. The molecular formula is C24H32N2O3S2. The lowest BCUT2D eigenvalue weighted by Gasteiger charge is -2.16. The molecule has 2 aromatic rings. The summed E-state index contributed by atoms with van der Waals surface area (Å²) in [6, 6.07) is 15.3. The van der Waals surface area contributed by atoms with E-state index in [-0.39, 0.29) is 0 Å². The Bertz CT molecular complexity index is 786. The van der Waals surface area contributed by atoms with Crippen molar-refractivity contribution in [2.24, 2.45) is 0 Å². The Morgan fingerprint density at radius 1 is 1.16 bits per heavy atom. The maximum Gasteiger partial charge on any atom is 0.211 e. The Hall–Kier alpha value is -1.67. The highest BCUT2D eigenvalue weighted by molar-refractivity contribution is 8.77. The van der Waals surface area contributed by atoms with Crippen LogP contribution in [0.1, 0.15) is 49.3 Å². The summed E-state index contributed by atoms with van der Waals surface area (Å²) in [5.41, 5.74) is 2.36. The van der Waals surface area contributed by atoms with Crippen LogP contribution < -0.4 is 15.4 Å². The third kappa shape index (κ3) is 8.41. The van der Waals surface area contributed by atoms with Gasteiger partial charge in [-0.25, -0.2) is 0 Å². The number of amides is 1. The molecule has 2 unspecified atom stereocenters. The number of carbonyl (C=O) groups is 1. The van der Waals surface area contributed by atoms with Crippen LogP contribution in [0, 0.1) is 0 Å². The summed E-state index contributed by atoms with van der Waals surface area (Å²) in [5.74, 6) is 1.89. The molecule has 0 radical (unpaired) electrons. The molecule has 2 aromatic carbocycles. The van der Waals surface area contributed by atoms with Gasteiger partial charge in [0.05, 0.1) is 11.8 Å². The number of aliphatic hydroxyl groups is 1. The zero-order chi connectivity index (χ0) is 21.7. The van der Waals surface area contributed by atoms with E-state index in [0.29, 0.717) is 31.0 Å². The van der Waals surface area contributed by atoms with E-state index in [1.54, 1.807) is 12.1 Å². The monoisotopic (exact) mass is 460 g/mol. The molecule has 1 aliphatic rings. The van der Waals surface area contributed by atoms with Crippen LogP contribution in [0.25, 0.3) is 0 Å². The molecule has 3 N–H and O–H groups in total. The first-order chi connectivity index (χ1) is 15.3. The summed E-state index contributed by atoms with van der Waals surface area (Å²) in [5, 5.41) is 17.4. The summed E-state index contributed by atoms with van der Waals surface area (Å²) < 4.78 is 5.86. The van der Waals surface area contributed by atoms with Crippen LogP contribution in [-0.4, -0.2) is 35.6 Å². The van der Waals surface area contributed by atoms with Gasteiger partial charge in [0, 0.05) is 17.5 Å². The second-order valence-corrected chi connectivity index (χ2v) is 10.5. The minimum atomic E-state index is -0.637. The molecule has 0 saturated carbocycles. The zero-order valence-electron chi connectivity index (χ0n) is 17.8. The Labute approximate surface area is 193 Å². The largest absolute Gasteiger partial charge is 0.487 e. The zero-order valence-corrected chi connectivity index (χ0v) is 19.4. The summed E-state index contributed by atoms with van der Waals surface area (Å²) >= 11 is 0. The fourth-order valence-corrected chi connectivity index (χ4v) is 6.54. The van der Waals surface area contributed by atoms with Crippen molar-refractivity contribution in [3.63, 3.8) is 0 Å². The second-order valence-electron chi connectivity index (χ2n) is 7.69. The average Bonchev–Trinajstić information content (AvgIpc) is 3.32. The van der Waals surface area contributed by atoms with Crippen LogP contribution in [-0.2, 0) is 11.4 Å². The molecule has 31 heavy (non-hydrogen) atoms. The molecule has 1 aliphatic heterocycles. The van der Waals surface area contributed by atoms with E-state index in [4.69, 9.17) is 4.74 Å². The van der Waals surface area contributed by atoms with Crippen LogP contribution in [0.3, 0.4) is 0 Å².